The summed E-state index contributed by atoms with van der Waals surface area (Å²) in [4.78, 5) is 0. The molecule has 0 N–H and O–H groups in total. The number of hydrogen-bond donors (Lipinski definition) is 0. The second-order valence-electron chi connectivity index (χ2n) is 9.80. The smallest absolute Gasteiger partial charge is 0.0824 e. The average Bonchev–Trinajstić information content (AvgIpc) is 3.13. The van der Waals surface area contributed by atoms with Gasteiger partial charge in [0.05, 0.1) is 18.2 Å². The Bertz CT molecular complexity index is 590. The Kier molecular flexibility index (Phi) is 1.42. The molecule has 3 aliphatic carbocycles. The van der Waals surface area contributed by atoms with Crippen LogP contribution in [0.1, 0.15) is 47.0 Å². The maximum atomic E-state index is 2.79. The van der Waals surface area contributed by atoms with Crippen LogP contribution in [-0.2, 0) is 0 Å². The second-order valence-corrected chi connectivity index (χ2v) is 9.80. The van der Waals surface area contributed by atoms with Crippen molar-refractivity contribution in [1.82, 2.24) is 20.3 Å². The normalized spacial score (nSPS) is 69.1. The Hall–Kier alpha value is -0.160. The maximum Gasteiger partial charge on any atom is 0.0824 e. The van der Waals surface area contributed by atoms with E-state index in [1.165, 1.54) is 25.9 Å². The van der Waals surface area contributed by atoms with Gasteiger partial charge in [0.2, 0.25) is 0 Å². The molecule has 0 unspecified atom stereocenters. The van der Waals surface area contributed by atoms with Crippen LogP contribution in [0.3, 0.4) is 0 Å². The summed E-state index contributed by atoms with van der Waals surface area (Å²) in [5.74, 6) is 3.82. The van der Waals surface area contributed by atoms with E-state index in [-0.39, 0.29) is 0 Å². The van der Waals surface area contributed by atoms with Crippen LogP contribution in [0.15, 0.2) is 0 Å². The lowest BCUT2D eigenvalue weighted by Gasteiger charge is -2.63. The molecule has 0 amide bonds. The molecule has 5 saturated heterocycles. The fourth-order valence-electron chi connectivity index (χ4n) is 8.95. The highest BCUT2D eigenvalue weighted by Gasteiger charge is 2.93. The van der Waals surface area contributed by atoms with E-state index in [0.717, 1.165) is 35.8 Å². The molecule has 4 nitrogen and oxygen atoms in total. The van der Waals surface area contributed by atoms with Gasteiger partial charge in [0.25, 0.3) is 0 Å². The summed E-state index contributed by atoms with van der Waals surface area (Å²) in [5.41, 5.74) is 1.13. The molecule has 0 radical (unpaired) electrons. The van der Waals surface area contributed by atoms with Crippen LogP contribution in [0.5, 0.6) is 0 Å². The largest absolute Gasteiger partial charge is 0.207 e. The number of fused-ring (bicyclic) bond motifs is 2. The molecule has 8 rings (SSSR count). The van der Waals surface area contributed by atoms with Gasteiger partial charge in [-0.3, -0.25) is 0 Å². The van der Waals surface area contributed by atoms with Crippen LogP contribution in [0, 0.1) is 29.1 Å². The molecule has 0 aromatic heterocycles. The zero-order valence-corrected chi connectivity index (χ0v) is 13.6. The molecule has 6 bridgehead atoms. The van der Waals surface area contributed by atoms with Gasteiger partial charge in [0, 0.05) is 28.8 Å². The standard InChI is InChI=1S/C17H26N4/c1-15(2)16(3)11-12-14-10-7-5-6-9(10)13(11)18-8-19(16)21(20(14)18)17(12,15)4/h9-14H,5-8H2,1-4H3/t9-,10+,11+,12-,13-,14+,16-,17+/m0/s1. The highest BCUT2D eigenvalue weighted by molar-refractivity contribution is 5.39. The van der Waals surface area contributed by atoms with Crippen molar-refractivity contribution in [2.75, 3.05) is 6.67 Å². The van der Waals surface area contributed by atoms with Crippen LogP contribution >= 0.6 is 0 Å². The molecule has 114 valence electrons. The monoisotopic (exact) mass is 286 g/mol. The van der Waals surface area contributed by atoms with E-state index >= 15 is 0 Å². The fraction of sp³-hybridized carbons (Fsp3) is 1.00. The molecule has 3 saturated carbocycles. The van der Waals surface area contributed by atoms with Crippen LogP contribution < -0.4 is 0 Å². The summed E-state index contributed by atoms with van der Waals surface area (Å²) in [5, 5.41) is 11.1. The molecule has 5 heterocycles. The SMILES string of the molecule is CC1(C)[C@@]2(C)[C@@H]3[C@H]4[C@@H]5CCC[C@@H]5[C@H]5[C@@H]3[C@]1(C)N1CN5N4N12. The molecule has 8 aliphatic rings. The van der Waals surface area contributed by atoms with E-state index < -0.39 is 0 Å². The predicted molar refractivity (Wildman–Crippen MR) is 78.2 cm³/mol. The minimum absolute atomic E-state index is 0.355. The average molecular weight is 286 g/mol. The second kappa shape index (κ2) is 2.62. The third kappa shape index (κ3) is 0.687. The molecular formula is C17H26N4. The van der Waals surface area contributed by atoms with E-state index in [0.29, 0.717) is 16.5 Å². The highest BCUT2D eigenvalue weighted by Crippen LogP contribution is 2.82. The summed E-state index contributed by atoms with van der Waals surface area (Å²) in [6.07, 6.45) is 4.50. The minimum Gasteiger partial charge on any atom is -0.207 e. The van der Waals surface area contributed by atoms with Crippen LogP contribution in [0.4, 0.5) is 0 Å². The van der Waals surface area contributed by atoms with Crippen molar-refractivity contribution in [3.05, 3.63) is 0 Å². The van der Waals surface area contributed by atoms with Gasteiger partial charge in [-0.05, 0) is 38.5 Å². The van der Waals surface area contributed by atoms with E-state index in [4.69, 9.17) is 0 Å². The summed E-state index contributed by atoms with van der Waals surface area (Å²) < 4.78 is 0. The number of nitrogens with zero attached hydrogens (tertiary/aromatic N) is 4. The van der Waals surface area contributed by atoms with Crippen LogP contribution in [0.25, 0.3) is 0 Å². The predicted octanol–water partition coefficient (Wildman–Crippen LogP) is 1.91. The van der Waals surface area contributed by atoms with Crippen molar-refractivity contribution in [2.24, 2.45) is 29.1 Å². The van der Waals surface area contributed by atoms with E-state index in [9.17, 15) is 0 Å². The number of hydrazine groups is 3. The van der Waals surface area contributed by atoms with Crippen molar-refractivity contribution < 1.29 is 0 Å². The Labute approximate surface area is 126 Å². The summed E-state index contributed by atoms with van der Waals surface area (Å²) in [6.45, 7) is 11.5. The number of hydrogen-bond acceptors (Lipinski definition) is 4. The Morgan fingerprint density at radius 1 is 0.857 bits per heavy atom. The maximum absolute atomic E-state index is 2.79. The first kappa shape index (κ1) is 11.4. The Morgan fingerprint density at radius 3 is 2.29 bits per heavy atom. The van der Waals surface area contributed by atoms with Crippen molar-refractivity contribution in [2.45, 2.75) is 70.1 Å². The molecule has 0 aromatic carbocycles. The van der Waals surface area contributed by atoms with Crippen molar-refractivity contribution in [3.8, 4) is 0 Å². The summed E-state index contributed by atoms with van der Waals surface area (Å²) >= 11 is 0. The van der Waals surface area contributed by atoms with Gasteiger partial charge in [0.15, 0.2) is 0 Å². The quantitative estimate of drug-likeness (QED) is 0.674. The van der Waals surface area contributed by atoms with Gasteiger partial charge in [-0.1, -0.05) is 20.3 Å². The van der Waals surface area contributed by atoms with Crippen molar-refractivity contribution >= 4 is 0 Å². The summed E-state index contributed by atoms with van der Waals surface area (Å²) in [6, 6.07) is 1.67. The van der Waals surface area contributed by atoms with Gasteiger partial charge in [-0.25, -0.2) is 10.0 Å². The molecular weight excluding hydrogens is 260 g/mol. The third-order valence-electron chi connectivity index (χ3n) is 9.98. The van der Waals surface area contributed by atoms with E-state index in [1.54, 1.807) is 0 Å². The van der Waals surface area contributed by atoms with Gasteiger partial charge >= 0.3 is 0 Å². The van der Waals surface area contributed by atoms with Gasteiger partial charge < -0.3 is 0 Å². The van der Waals surface area contributed by atoms with Crippen molar-refractivity contribution in [1.29, 1.82) is 0 Å². The zero-order valence-electron chi connectivity index (χ0n) is 13.6. The fourth-order valence-corrected chi connectivity index (χ4v) is 8.95. The van der Waals surface area contributed by atoms with E-state index in [1.807, 2.05) is 0 Å². The molecule has 5 aliphatic heterocycles. The zero-order chi connectivity index (χ0) is 14.1. The molecule has 8 atom stereocenters. The lowest BCUT2D eigenvalue weighted by Crippen LogP contribution is -2.75. The van der Waals surface area contributed by atoms with Crippen molar-refractivity contribution in [3.63, 3.8) is 0 Å². The first-order chi connectivity index (χ1) is 9.95. The Morgan fingerprint density at radius 2 is 1.52 bits per heavy atom. The van der Waals surface area contributed by atoms with Gasteiger partial charge in [-0.15, -0.1) is 0 Å². The highest BCUT2D eigenvalue weighted by atomic mass is 16.1. The van der Waals surface area contributed by atoms with Gasteiger partial charge in [-0.2, -0.15) is 10.2 Å². The van der Waals surface area contributed by atoms with Crippen LogP contribution in [-0.4, -0.2) is 50.1 Å². The molecule has 4 heteroatoms. The summed E-state index contributed by atoms with van der Waals surface area (Å²) in [7, 11) is 0. The number of rotatable bonds is 0. The topological polar surface area (TPSA) is 13.0 Å². The lowest BCUT2D eigenvalue weighted by atomic mass is 9.57. The van der Waals surface area contributed by atoms with E-state index in [2.05, 4.69) is 47.9 Å². The molecule has 21 heavy (non-hydrogen) atoms. The van der Waals surface area contributed by atoms with Crippen LogP contribution in [0.2, 0.25) is 0 Å². The first-order valence-electron chi connectivity index (χ1n) is 9.09. The Balaban J connectivity index is 1.60. The lowest BCUT2D eigenvalue weighted by molar-refractivity contribution is -0.245. The third-order valence-corrected chi connectivity index (χ3v) is 9.98. The molecule has 0 aromatic rings. The molecule has 8 fully saturated rings. The first-order valence-corrected chi connectivity index (χ1v) is 9.09. The molecule has 0 spiro atoms. The van der Waals surface area contributed by atoms with Gasteiger partial charge in [0.1, 0.15) is 0 Å². The minimum atomic E-state index is 0.355.